The zero-order valence-corrected chi connectivity index (χ0v) is 11.5. The van der Waals surface area contributed by atoms with Gasteiger partial charge in [-0.1, -0.05) is 36.4 Å². The quantitative estimate of drug-likeness (QED) is 0.425. The lowest BCUT2D eigenvalue weighted by molar-refractivity contribution is -0.329. The number of hydrogen-bond donors (Lipinski definition) is 5. The van der Waals surface area contributed by atoms with Gasteiger partial charge in [0.1, 0.15) is 24.4 Å². The van der Waals surface area contributed by atoms with E-state index in [1.165, 1.54) is 0 Å². The molecule has 1 aromatic rings. The van der Waals surface area contributed by atoms with Gasteiger partial charge in [0.15, 0.2) is 0 Å². The van der Waals surface area contributed by atoms with Crippen LogP contribution in [0.1, 0.15) is 6.93 Å². The second kappa shape index (κ2) is 6.66. The van der Waals surface area contributed by atoms with Crippen molar-refractivity contribution in [2.75, 3.05) is 6.61 Å². The molecule has 0 aliphatic carbocycles. The van der Waals surface area contributed by atoms with Gasteiger partial charge in [-0.3, -0.25) is 4.79 Å². The molecule has 5 atom stereocenters. The van der Waals surface area contributed by atoms with Crippen LogP contribution in [-0.2, 0) is 9.53 Å². The molecule has 1 aliphatic heterocycles. The predicted molar refractivity (Wildman–Crippen MR) is 75.4 cm³/mol. The molecule has 0 aromatic heterocycles. The number of aliphatic hydroxyl groups is 5. The van der Waals surface area contributed by atoms with Crippen LogP contribution in [0.15, 0.2) is 36.4 Å². The van der Waals surface area contributed by atoms with Crippen molar-refractivity contribution < 1.29 is 36.4 Å². The van der Waals surface area contributed by atoms with Gasteiger partial charge in [-0.05, 0) is 11.6 Å². The zero-order chi connectivity index (χ0) is 17.2. The summed E-state index contributed by atoms with van der Waals surface area (Å²) >= 11 is 0. The largest absolute Gasteiger partial charge is 0.394 e. The smallest absolute Gasteiger partial charge is 0.260 e. The van der Waals surface area contributed by atoms with Crippen LogP contribution in [0.25, 0.3) is 6.08 Å². The van der Waals surface area contributed by atoms with Crippen molar-refractivity contribution in [2.24, 2.45) is 0 Å². The highest BCUT2D eigenvalue weighted by Crippen LogP contribution is 2.29. The maximum absolute atomic E-state index is 12.3. The van der Waals surface area contributed by atoms with Crippen molar-refractivity contribution in [3.05, 3.63) is 41.9 Å². The minimum atomic E-state index is -2.94. The van der Waals surface area contributed by atoms with Crippen LogP contribution in [0, 0.1) is 0 Å². The lowest BCUT2D eigenvalue weighted by atomic mass is 9.90. The van der Waals surface area contributed by atoms with Gasteiger partial charge in [-0.15, -0.1) is 0 Å². The molecule has 1 aliphatic rings. The van der Waals surface area contributed by atoms with Gasteiger partial charge in [-0.25, -0.2) is 0 Å². The lowest BCUT2D eigenvalue weighted by Gasteiger charge is -2.43. The normalized spacial score (nSPS) is 36.8. The van der Waals surface area contributed by atoms with Crippen molar-refractivity contribution in [1.82, 2.24) is 0 Å². The molecule has 5 N–H and O–H groups in total. The van der Waals surface area contributed by atoms with Crippen LogP contribution in [0.2, 0.25) is 0 Å². The van der Waals surface area contributed by atoms with Crippen LogP contribution in [0.3, 0.4) is 0 Å². The first-order chi connectivity index (χ1) is 10.8. The molecule has 1 aromatic carbocycles. The number of carbonyl (C=O) groups is 1. The molecule has 0 saturated carbocycles. The standard InChI is InChI=1S/C15H18O7/c16-8-10-12(18)13(19)14(20)15(21,22-10)11(17)7-6-9-4-2-1-3-5-9/h1-7,10,12-14,16,18-21H,8H2/t10-,12-,13+,14-,15?/m1/s1/i7D. The van der Waals surface area contributed by atoms with Gasteiger partial charge in [0.2, 0.25) is 5.78 Å². The Labute approximate surface area is 128 Å². The third-order valence-corrected chi connectivity index (χ3v) is 3.46. The monoisotopic (exact) mass is 311 g/mol. The highest BCUT2D eigenvalue weighted by molar-refractivity contribution is 5.99. The number of rotatable bonds is 4. The summed E-state index contributed by atoms with van der Waals surface area (Å²) in [6.45, 7) is -0.795. The second-order valence-corrected chi connectivity index (χ2v) is 4.99. The van der Waals surface area contributed by atoms with E-state index in [9.17, 15) is 25.2 Å². The van der Waals surface area contributed by atoms with Crippen LogP contribution >= 0.6 is 0 Å². The second-order valence-electron chi connectivity index (χ2n) is 4.99. The van der Waals surface area contributed by atoms with Gasteiger partial charge >= 0.3 is 0 Å². The van der Waals surface area contributed by atoms with Crippen molar-refractivity contribution in [3.8, 4) is 0 Å². The fourth-order valence-electron chi connectivity index (χ4n) is 2.14. The summed E-state index contributed by atoms with van der Waals surface area (Å²) in [6.07, 6.45) is -6.10. The Morgan fingerprint density at radius 3 is 2.50 bits per heavy atom. The lowest BCUT2D eigenvalue weighted by Crippen LogP contribution is -2.67. The Morgan fingerprint density at radius 2 is 1.91 bits per heavy atom. The molecular weight excluding hydrogens is 292 g/mol. The van der Waals surface area contributed by atoms with E-state index in [1.807, 2.05) is 0 Å². The fraction of sp³-hybridized carbons (Fsp3) is 0.400. The average Bonchev–Trinajstić information content (AvgIpc) is 2.56. The van der Waals surface area contributed by atoms with E-state index in [-0.39, 0.29) is 0 Å². The van der Waals surface area contributed by atoms with Gasteiger partial charge in [0.05, 0.1) is 7.98 Å². The Morgan fingerprint density at radius 1 is 1.27 bits per heavy atom. The molecule has 1 unspecified atom stereocenters. The average molecular weight is 311 g/mol. The molecule has 7 heteroatoms. The number of ketones is 1. The van der Waals surface area contributed by atoms with E-state index in [0.29, 0.717) is 5.56 Å². The van der Waals surface area contributed by atoms with Crippen molar-refractivity contribution in [1.29, 1.82) is 0 Å². The number of benzene rings is 1. The Kier molecular flexibility index (Phi) is 4.63. The molecular formula is C15H18O7. The number of hydrogen-bond acceptors (Lipinski definition) is 7. The third kappa shape index (κ3) is 3.09. The number of carbonyl (C=O) groups excluding carboxylic acids is 1. The highest BCUT2D eigenvalue weighted by atomic mass is 16.7. The van der Waals surface area contributed by atoms with Crippen LogP contribution in [0.5, 0.6) is 0 Å². The molecule has 22 heavy (non-hydrogen) atoms. The molecule has 0 bridgehead atoms. The predicted octanol–water partition coefficient (Wildman–Crippen LogP) is -1.57. The molecule has 7 nitrogen and oxygen atoms in total. The van der Waals surface area contributed by atoms with Crippen LogP contribution in [0.4, 0.5) is 0 Å². The SMILES string of the molecule is [2H]C(=Cc1ccccc1)C(=O)C1(O)O[C@H](CO)[C@@H](O)[C@H](O)[C@H]1O. The maximum atomic E-state index is 12.3. The van der Waals surface area contributed by atoms with E-state index in [2.05, 4.69) is 0 Å². The Bertz CT molecular complexity index is 589. The minimum Gasteiger partial charge on any atom is -0.394 e. The van der Waals surface area contributed by atoms with E-state index in [0.717, 1.165) is 6.08 Å². The summed E-state index contributed by atoms with van der Waals surface area (Å²) in [5.41, 5.74) is 0.513. The molecule has 1 saturated heterocycles. The molecule has 0 spiro atoms. The van der Waals surface area contributed by atoms with Crippen molar-refractivity contribution in [3.63, 3.8) is 0 Å². The summed E-state index contributed by atoms with van der Waals surface area (Å²) in [7, 11) is 0. The topological polar surface area (TPSA) is 127 Å². The van der Waals surface area contributed by atoms with E-state index in [4.69, 9.17) is 11.2 Å². The van der Waals surface area contributed by atoms with Crippen molar-refractivity contribution >= 4 is 11.9 Å². The van der Waals surface area contributed by atoms with Gasteiger partial charge in [0, 0.05) is 0 Å². The number of ether oxygens (including phenoxy) is 1. The number of aliphatic hydroxyl groups excluding tert-OH is 4. The molecule has 0 amide bonds. The molecule has 1 fully saturated rings. The van der Waals surface area contributed by atoms with Crippen molar-refractivity contribution in [2.45, 2.75) is 30.2 Å². The summed E-state index contributed by atoms with van der Waals surface area (Å²) in [4.78, 5) is 12.3. The van der Waals surface area contributed by atoms with E-state index in [1.54, 1.807) is 30.3 Å². The summed E-state index contributed by atoms with van der Waals surface area (Å²) in [6, 6.07) is 7.70. The first-order valence-electron chi connectivity index (χ1n) is 7.14. The van der Waals surface area contributed by atoms with Crippen LogP contribution in [-0.4, -0.2) is 68.1 Å². The first-order valence-corrected chi connectivity index (χ1v) is 6.64. The first kappa shape index (κ1) is 15.3. The fourth-order valence-corrected chi connectivity index (χ4v) is 2.14. The van der Waals surface area contributed by atoms with Crippen LogP contribution < -0.4 is 0 Å². The summed E-state index contributed by atoms with van der Waals surface area (Å²) in [5, 5.41) is 48.6. The molecule has 2 rings (SSSR count). The minimum absolute atomic E-state index is 0.513. The zero-order valence-electron chi connectivity index (χ0n) is 12.5. The molecule has 1 heterocycles. The van der Waals surface area contributed by atoms with Gasteiger partial charge in [0.25, 0.3) is 5.79 Å². The summed E-state index contributed by atoms with van der Waals surface area (Å²) in [5.74, 6) is -4.23. The third-order valence-electron chi connectivity index (χ3n) is 3.46. The Balaban J connectivity index is 2.30. The molecule has 120 valence electrons. The van der Waals surface area contributed by atoms with E-state index < -0.39 is 48.6 Å². The molecule has 0 radical (unpaired) electrons. The highest BCUT2D eigenvalue weighted by Gasteiger charge is 2.56. The summed E-state index contributed by atoms with van der Waals surface area (Å²) < 4.78 is 12.6. The Hall–Kier alpha value is -1.61. The maximum Gasteiger partial charge on any atom is 0.260 e. The van der Waals surface area contributed by atoms with E-state index >= 15 is 0 Å². The van der Waals surface area contributed by atoms with Gasteiger partial charge in [-0.2, -0.15) is 0 Å². The van der Waals surface area contributed by atoms with Gasteiger partial charge < -0.3 is 30.3 Å².